The predicted molar refractivity (Wildman–Crippen MR) is 81.2 cm³/mol. The van der Waals surface area contributed by atoms with Crippen molar-refractivity contribution in [3.05, 3.63) is 35.9 Å². The van der Waals surface area contributed by atoms with Crippen LogP contribution in [-0.2, 0) is 0 Å². The van der Waals surface area contributed by atoms with E-state index in [9.17, 15) is 0 Å². The molecule has 18 heavy (non-hydrogen) atoms. The van der Waals surface area contributed by atoms with Crippen molar-refractivity contribution in [2.24, 2.45) is 0 Å². The van der Waals surface area contributed by atoms with Crippen molar-refractivity contribution < 1.29 is 0 Å². The smallest absolute Gasteiger partial charge is 0.0486 e. The third kappa shape index (κ3) is 3.50. The number of benzene rings is 1. The second-order valence-corrected chi connectivity index (χ2v) is 6.12. The number of thioether (sulfide) groups is 1. The van der Waals surface area contributed by atoms with Crippen molar-refractivity contribution in [1.29, 1.82) is 0 Å². The van der Waals surface area contributed by atoms with Gasteiger partial charge in [0.15, 0.2) is 0 Å². The molecule has 3 heteroatoms. The molecule has 0 radical (unpaired) electrons. The lowest BCUT2D eigenvalue weighted by Gasteiger charge is -2.38. The van der Waals surface area contributed by atoms with Gasteiger partial charge >= 0.3 is 0 Å². The van der Waals surface area contributed by atoms with Gasteiger partial charge in [-0.15, -0.1) is 0 Å². The van der Waals surface area contributed by atoms with Gasteiger partial charge in [-0.1, -0.05) is 37.3 Å². The van der Waals surface area contributed by atoms with Crippen LogP contribution in [0.5, 0.6) is 0 Å². The third-order valence-electron chi connectivity index (χ3n) is 3.60. The first kappa shape index (κ1) is 13.9. The minimum absolute atomic E-state index is 0.462. The number of likely N-dealkylation sites (N-methyl/N-ethyl adjacent to an activating group) is 1. The Morgan fingerprint density at radius 2 is 2.17 bits per heavy atom. The van der Waals surface area contributed by atoms with E-state index >= 15 is 0 Å². The monoisotopic (exact) mass is 264 g/mol. The van der Waals surface area contributed by atoms with Gasteiger partial charge in [0.2, 0.25) is 0 Å². The first-order valence-electron chi connectivity index (χ1n) is 6.89. The lowest BCUT2D eigenvalue weighted by Crippen LogP contribution is -2.47. The molecule has 1 aliphatic heterocycles. The van der Waals surface area contributed by atoms with Gasteiger partial charge in [-0.2, -0.15) is 11.8 Å². The molecular formula is C15H24N2S. The Labute approximate surface area is 115 Å². The molecule has 1 fully saturated rings. The summed E-state index contributed by atoms with van der Waals surface area (Å²) in [6.07, 6.45) is 1.19. The summed E-state index contributed by atoms with van der Waals surface area (Å²) in [5.41, 5.74) is 1.42. The highest BCUT2D eigenvalue weighted by Gasteiger charge is 2.28. The van der Waals surface area contributed by atoms with Crippen LogP contribution in [0.2, 0.25) is 0 Å². The highest BCUT2D eigenvalue weighted by Crippen LogP contribution is 2.26. The number of hydrogen-bond donors (Lipinski definition) is 1. The van der Waals surface area contributed by atoms with E-state index in [-0.39, 0.29) is 0 Å². The molecule has 1 aromatic rings. The molecule has 0 aliphatic carbocycles. The molecule has 2 rings (SSSR count). The Bertz CT molecular complexity index is 342. The molecular weight excluding hydrogens is 240 g/mol. The zero-order valence-corrected chi connectivity index (χ0v) is 12.2. The van der Waals surface area contributed by atoms with Crippen molar-refractivity contribution in [3.63, 3.8) is 0 Å². The summed E-state index contributed by atoms with van der Waals surface area (Å²) in [7, 11) is 2.26. The van der Waals surface area contributed by atoms with E-state index in [1.807, 2.05) is 0 Å². The van der Waals surface area contributed by atoms with E-state index in [0.29, 0.717) is 12.1 Å². The van der Waals surface area contributed by atoms with Crippen molar-refractivity contribution in [1.82, 2.24) is 10.2 Å². The molecule has 1 aliphatic rings. The van der Waals surface area contributed by atoms with E-state index in [2.05, 4.69) is 66.3 Å². The summed E-state index contributed by atoms with van der Waals surface area (Å²) >= 11 is 2.08. The summed E-state index contributed by atoms with van der Waals surface area (Å²) in [6.45, 7) is 4.52. The van der Waals surface area contributed by atoms with E-state index in [1.54, 1.807) is 0 Å². The van der Waals surface area contributed by atoms with E-state index in [1.165, 1.54) is 30.0 Å². The third-order valence-corrected chi connectivity index (χ3v) is 4.65. The Morgan fingerprint density at radius 3 is 2.83 bits per heavy atom. The van der Waals surface area contributed by atoms with Crippen LogP contribution in [0.3, 0.4) is 0 Å². The number of hydrogen-bond acceptors (Lipinski definition) is 3. The highest BCUT2D eigenvalue weighted by atomic mass is 32.2. The Balaban J connectivity index is 2.13. The van der Waals surface area contributed by atoms with Gasteiger partial charge in [-0.25, -0.2) is 0 Å². The maximum absolute atomic E-state index is 3.73. The standard InChI is InChI=1S/C15H24N2S/c1-3-9-16-15(13-7-5-4-6-8-13)14-12-18-11-10-17(14)2/h4-8,14-16H,3,9-12H2,1-2H3. The molecule has 2 nitrogen and oxygen atoms in total. The maximum atomic E-state index is 3.73. The first-order chi connectivity index (χ1) is 8.83. The SMILES string of the molecule is CCCNC(c1ccccc1)C1CSCCN1C. The normalized spacial score (nSPS) is 22.9. The molecule has 1 N–H and O–H groups in total. The van der Waals surface area contributed by atoms with Gasteiger partial charge < -0.3 is 5.32 Å². The summed E-state index contributed by atoms with van der Waals surface area (Å²) in [4.78, 5) is 2.51. The van der Waals surface area contributed by atoms with Crippen LogP contribution in [-0.4, -0.2) is 42.6 Å². The highest BCUT2D eigenvalue weighted by molar-refractivity contribution is 7.99. The zero-order chi connectivity index (χ0) is 12.8. The van der Waals surface area contributed by atoms with Crippen molar-refractivity contribution >= 4 is 11.8 Å². The minimum Gasteiger partial charge on any atom is -0.309 e. The summed E-state index contributed by atoms with van der Waals surface area (Å²) in [6, 6.07) is 12.0. The van der Waals surface area contributed by atoms with E-state index in [0.717, 1.165) is 6.54 Å². The zero-order valence-electron chi connectivity index (χ0n) is 11.4. The summed E-state index contributed by atoms with van der Waals surface area (Å²) in [5, 5.41) is 3.73. The van der Waals surface area contributed by atoms with Gasteiger partial charge in [0, 0.05) is 30.1 Å². The van der Waals surface area contributed by atoms with Crippen LogP contribution in [0.15, 0.2) is 30.3 Å². The van der Waals surface area contributed by atoms with Crippen molar-refractivity contribution in [2.45, 2.75) is 25.4 Å². The largest absolute Gasteiger partial charge is 0.309 e. The quantitative estimate of drug-likeness (QED) is 0.880. The summed E-state index contributed by atoms with van der Waals surface area (Å²) < 4.78 is 0. The molecule has 0 saturated carbocycles. The number of nitrogens with one attached hydrogen (secondary N) is 1. The van der Waals surface area contributed by atoms with E-state index < -0.39 is 0 Å². The molecule has 2 atom stereocenters. The average molecular weight is 264 g/mol. The van der Waals surface area contributed by atoms with Crippen LogP contribution < -0.4 is 5.32 Å². The lowest BCUT2D eigenvalue weighted by atomic mass is 9.99. The number of rotatable bonds is 5. The second kappa shape index (κ2) is 7.17. The van der Waals surface area contributed by atoms with Gasteiger partial charge in [0.25, 0.3) is 0 Å². The topological polar surface area (TPSA) is 15.3 Å². The molecule has 0 bridgehead atoms. The first-order valence-corrected chi connectivity index (χ1v) is 8.04. The van der Waals surface area contributed by atoms with Crippen LogP contribution in [0.1, 0.15) is 24.9 Å². The van der Waals surface area contributed by atoms with Gasteiger partial charge in [0.05, 0.1) is 0 Å². The summed E-state index contributed by atoms with van der Waals surface area (Å²) in [5.74, 6) is 2.50. The van der Waals surface area contributed by atoms with Crippen LogP contribution in [0, 0.1) is 0 Å². The minimum atomic E-state index is 0.462. The second-order valence-electron chi connectivity index (χ2n) is 4.97. The molecule has 0 spiro atoms. The van der Waals surface area contributed by atoms with Crippen LogP contribution in [0.25, 0.3) is 0 Å². The number of nitrogens with zero attached hydrogens (tertiary/aromatic N) is 1. The fourth-order valence-corrected chi connectivity index (χ4v) is 3.76. The predicted octanol–water partition coefficient (Wildman–Crippen LogP) is 2.77. The lowest BCUT2D eigenvalue weighted by molar-refractivity contribution is 0.216. The molecule has 1 saturated heterocycles. The average Bonchev–Trinajstić information content (AvgIpc) is 2.42. The van der Waals surface area contributed by atoms with Crippen LogP contribution in [0.4, 0.5) is 0 Å². The van der Waals surface area contributed by atoms with Crippen molar-refractivity contribution in [3.8, 4) is 0 Å². The Morgan fingerprint density at radius 1 is 1.39 bits per heavy atom. The molecule has 0 amide bonds. The molecule has 2 unspecified atom stereocenters. The molecule has 1 heterocycles. The molecule has 100 valence electrons. The van der Waals surface area contributed by atoms with Gasteiger partial charge in [-0.05, 0) is 25.6 Å². The fraction of sp³-hybridized carbons (Fsp3) is 0.600. The van der Waals surface area contributed by atoms with E-state index in [4.69, 9.17) is 0 Å². The molecule has 1 aromatic carbocycles. The van der Waals surface area contributed by atoms with Crippen molar-refractivity contribution in [2.75, 3.05) is 31.6 Å². The fourth-order valence-electron chi connectivity index (χ4n) is 2.49. The van der Waals surface area contributed by atoms with Crippen LogP contribution >= 0.6 is 11.8 Å². The Hall–Kier alpha value is -0.510. The Kier molecular flexibility index (Phi) is 5.54. The van der Waals surface area contributed by atoms with Gasteiger partial charge in [0.1, 0.15) is 0 Å². The molecule has 0 aromatic heterocycles. The maximum Gasteiger partial charge on any atom is 0.0486 e. The van der Waals surface area contributed by atoms with Gasteiger partial charge in [-0.3, -0.25) is 4.90 Å².